The number of β-amino-alcohol motifs (C(OH)–C–C–N with tert-alkyl or cyclic N) is 1. The number of hydrogen-bond acceptors (Lipinski definition) is 4. The Balaban J connectivity index is 2.47. The number of nitrogens with zero attached hydrogens (tertiary/aromatic N) is 1. The lowest BCUT2D eigenvalue weighted by molar-refractivity contribution is -0.158. The van der Waals surface area contributed by atoms with Crippen LogP contribution in [0.3, 0.4) is 0 Å². The van der Waals surface area contributed by atoms with Crippen molar-refractivity contribution < 1.29 is 15.0 Å². The van der Waals surface area contributed by atoms with E-state index in [0.29, 0.717) is 6.54 Å². The van der Waals surface area contributed by atoms with E-state index in [9.17, 15) is 9.90 Å². The molecule has 1 fully saturated rings. The van der Waals surface area contributed by atoms with Crippen LogP contribution < -0.4 is 5.73 Å². The lowest BCUT2D eigenvalue weighted by Gasteiger charge is -2.34. The zero-order valence-corrected chi connectivity index (χ0v) is 8.44. The van der Waals surface area contributed by atoms with Crippen molar-refractivity contribution in [1.29, 1.82) is 0 Å². The number of likely N-dealkylation sites (tertiary alicyclic amines) is 1. The molecule has 0 aromatic carbocycles. The van der Waals surface area contributed by atoms with Gasteiger partial charge in [0.05, 0.1) is 0 Å². The number of carboxylic acids is 1. The Morgan fingerprint density at radius 3 is 2.86 bits per heavy atom. The average Bonchev–Trinajstić information content (AvgIpc) is 2.02. The minimum atomic E-state index is -1.67. The van der Waals surface area contributed by atoms with Gasteiger partial charge in [-0.05, 0) is 26.3 Å². The second-order valence-electron chi connectivity index (χ2n) is 4.22. The molecular weight excluding hydrogens is 184 g/mol. The standard InChI is InChI=1S/C9H18N2O3/c1-9(14,8(12)13)6-11-4-2-3-7(10)5-11/h7,14H,2-6,10H2,1H3,(H,12,13)/t7-,9?/m1/s1. The third-order valence-electron chi connectivity index (χ3n) is 2.53. The molecule has 14 heavy (non-hydrogen) atoms. The molecule has 2 atom stereocenters. The zero-order valence-electron chi connectivity index (χ0n) is 8.44. The first-order valence-electron chi connectivity index (χ1n) is 4.85. The van der Waals surface area contributed by atoms with Gasteiger partial charge >= 0.3 is 5.97 Å². The topological polar surface area (TPSA) is 86.8 Å². The van der Waals surface area contributed by atoms with Crippen molar-refractivity contribution in [3.05, 3.63) is 0 Å². The Hall–Kier alpha value is -0.650. The molecule has 0 bridgehead atoms. The Bertz CT molecular complexity index is 218. The predicted octanol–water partition coefficient (Wildman–Crippen LogP) is -0.755. The van der Waals surface area contributed by atoms with Crippen LogP contribution in [0.4, 0.5) is 0 Å². The Labute approximate surface area is 83.5 Å². The predicted molar refractivity (Wildman–Crippen MR) is 51.9 cm³/mol. The molecule has 0 amide bonds. The maximum atomic E-state index is 10.7. The molecule has 1 rings (SSSR count). The molecule has 1 saturated heterocycles. The third kappa shape index (κ3) is 2.94. The number of aliphatic hydroxyl groups is 1. The summed E-state index contributed by atoms with van der Waals surface area (Å²) >= 11 is 0. The number of carboxylic acid groups (broad SMARTS) is 1. The molecule has 5 nitrogen and oxygen atoms in total. The number of hydrogen-bond donors (Lipinski definition) is 3. The lowest BCUT2D eigenvalue weighted by Crippen LogP contribution is -2.52. The summed E-state index contributed by atoms with van der Waals surface area (Å²) in [4.78, 5) is 12.6. The molecule has 0 aromatic heterocycles. The highest BCUT2D eigenvalue weighted by atomic mass is 16.4. The molecule has 0 aliphatic carbocycles. The highest BCUT2D eigenvalue weighted by molar-refractivity contribution is 5.76. The highest BCUT2D eigenvalue weighted by Gasteiger charge is 2.33. The highest BCUT2D eigenvalue weighted by Crippen LogP contribution is 2.13. The van der Waals surface area contributed by atoms with E-state index in [1.165, 1.54) is 6.92 Å². The van der Waals surface area contributed by atoms with Crippen molar-refractivity contribution in [2.75, 3.05) is 19.6 Å². The number of nitrogens with two attached hydrogens (primary N) is 1. The number of rotatable bonds is 3. The van der Waals surface area contributed by atoms with E-state index in [-0.39, 0.29) is 12.6 Å². The van der Waals surface area contributed by atoms with Gasteiger partial charge in [-0.2, -0.15) is 0 Å². The summed E-state index contributed by atoms with van der Waals surface area (Å²) in [6.45, 7) is 2.95. The molecule has 0 spiro atoms. The number of piperidine rings is 1. The van der Waals surface area contributed by atoms with Gasteiger partial charge in [0, 0.05) is 19.1 Å². The third-order valence-corrected chi connectivity index (χ3v) is 2.53. The molecule has 5 heteroatoms. The van der Waals surface area contributed by atoms with Gasteiger partial charge in [-0.25, -0.2) is 4.79 Å². The minimum Gasteiger partial charge on any atom is -0.479 e. The summed E-state index contributed by atoms with van der Waals surface area (Å²) in [5.74, 6) is -1.18. The molecular formula is C9H18N2O3. The SMILES string of the molecule is CC(O)(CN1CCC[C@@H](N)C1)C(=O)O. The van der Waals surface area contributed by atoms with Gasteiger partial charge in [-0.15, -0.1) is 0 Å². The number of carbonyl (C=O) groups is 1. The average molecular weight is 202 g/mol. The Morgan fingerprint density at radius 2 is 2.36 bits per heavy atom. The van der Waals surface area contributed by atoms with Crippen molar-refractivity contribution >= 4 is 5.97 Å². The molecule has 0 radical (unpaired) electrons. The van der Waals surface area contributed by atoms with Gasteiger partial charge in [-0.3, -0.25) is 4.90 Å². The van der Waals surface area contributed by atoms with Gasteiger partial charge < -0.3 is 15.9 Å². The molecule has 1 heterocycles. The van der Waals surface area contributed by atoms with Crippen LogP contribution in [0.1, 0.15) is 19.8 Å². The fourth-order valence-electron chi connectivity index (χ4n) is 1.74. The van der Waals surface area contributed by atoms with Crippen molar-refractivity contribution in [1.82, 2.24) is 4.90 Å². The van der Waals surface area contributed by atoms with E-state index in [4.69, 9.17) is 10.8 Å². The fraction of sp³-hybridized carbons (Fsp3) is 0.889. The summed E-state index contributed by atoms with van der Waals surface area (Å²) < 4.78 is 0. The first-order valence-corrected chi connectivity index (χ1v) is 4.85. The molecule has 1 aliphatic rings. The quantitative estimate of drug-likeness (QED) is 0.560. The van der Waals surface area contributed by atoms with Crippen LogP contribution in [-0.2, 0) is 4.79 Å². The molecule has 82 valence electrons. The van der Waals surface area contributed by atoms with Crippen molar-refractivity contribution in [3.8, 4) is 0 Å². The van der Waals surface area contributed by atoms with Gasteiger partial charge in [-0.1, -0.05) is 0 Å². The van der Waals surface area contributed by atoms with E-state index in [2.05, 4.69) is 0 Å². The molecule has 1 unspecified atom stereocenters. The first kappa shape index (κ1) is 11.4. The second kappa shape index (κ2) is 4.25. The van der Waals surface area contributed by atoms with Crippen LogP contribution >= 0.6 is 0 Å². The van der Waals surface area contributed by atoms with E-state index < -0.39 is 11.6 Å². The number of aliphatic carboxylic acids is 1. The Morgan fingerprint density at radius 1 is 1.71 bits per heavy atom. The van der Waals surface area contributed by atoms with Crippen LogP contribution in [0.2, 0.25) is 0 Å². The van der Waals surface area contributed by atoms with Crippen LogP contribution in [0, 0.1) is 0 Å². The smallest absolute Gasteiger partial charge is 0.336 e. The fourth-order valence-corrected chi connectivity index (χ4v) is 1.74. The van der Waals surface area contributed by atoms with E-state index in [1.54, 1.807) is 0 Å². The zero-order chi connectivity index (χ0) is 10.8. The maximum absolute atomic E-state index is 10.7. The van der Waals surface area contributed by atoms with E-state index in [1.807, 2.05) is 4.90 Å². The summed E-state index contributed by atoms with van der Waals surface area (Å²) in [5, 5.41) is 18.3. The van der Waals surface area contributed by atoms with Crippen molar-refractivity contribution in [2.45, 2.75) is 31.4 Å². The molecule has 0 saturated carbocycles. The van der Waals surface area contributed by atoms with Gasteiger partial charge in [0.2, 0.25) is 0 Å². The molecule has 4 N–H and O–H groups in total. The maximum Gasteiger partial charge on any atom is 0.336 e. The van der Waals surface area contributed by atoms with Crippen LogP contribution in [0.25, 0.3) is 0 Å². The van der Waals surface area contributed by atoms with Crippen molar-refractivity contribution in [3.63, 3.8) is 0 Å². The molecule has 0 aromatic rings. The van der Waals surface area contributed by atoms with E-state index >= 15 is 0 Å². The Kier molecular flexibility index (Phi) is 3.47. The summed E-state index contributed by atoms with van der Waals surface area (Å²) in [5.41, 5.74) is 4.08. The van der Waals surface area contributed by atoms with Crippen LogP contribution in [-0.4, -0.2) is 52.4 Å². The minimum absolute atomic E-state index is 0.105. The molecule has 1 aliphatic heterocycles. The second-order valence-corrected chi connectivity index (χ2v) is 4.22. The van der Waals surface area contributed by atoms with Gasteiger partial charge in [0.25, 0.3) is 0 Å². The summed E-state index contributed by atoms with van der Waals surface area (Å²) in [6.07, 6.45) is 1.95. The van der Waals surface area contributed by atoms with Crippen molar-refractivity contribution in [2.24, 2.45) is 5.73 Å². The monoisotopic (exact) mass is 202 g/mol. The van der Waals surface area contributed by atoms with Gasteiger partial charge in [0.1, 0.15) is 0 Å². The van der Waals surface area contributed by atoms with E-state index in [0.717, 1.165) is 19.4 Å². The van der Waals surface area contributed by atoms with Crippen LogP contribution in [0.5, 0.6) is 0 Å². The normalized spacial score (nSPS) is 28.4. The lowest BCUT2D eigenvalue weighted by atomic mass is 10.0. The van der Waals surface area contributed by atoms with Gasteiger partial charge in [0.15, 0.2) is 5.60 Å². The van der Waals surface area contributed by atoms with Crippen LogP contribution in [0.15, 0.2) is 0 Å². The largest absolute Gasteiger partial charge is 0.479 e. The summed E-state index contributed by atoms with van der Waals surface area (Å²) in [6, 6.07) is 0.105. The first-order chi connectivity index (χ1) is 6.42. The summed E-state index contributed by atoms with van der Waals surface area (Å²) in [7, 11) is 0.